The van der Waals surface area contributed by atoms with E-state index in [0.29, 0.717) is 70.6 Å². The molecule has 7 aliphatic rings. The minimum absolute atomic E-state index is 0.0505. The number of carbonyl (C=O) groups excluding carboxylic acids is 2. The Kier molecular flexibility index (Phi) is 8.77. The number of phenols is 1. The number of rotatable bonds is 4. The molecule has 0 saturated carbocycles. The van der Waals surface area contributed by atoms with Gasteiger partial charge in [0.1, 0.15) is 18.4 Å². The largest absolute Gasteiger partial charge is 0.504 e. The molecule has 56 heavy (non-hydrogen) atoms. The molecule has 7 aliphatic heterocycles. The Bertz CT molecular complexity index is 2240. The number of carbonyl (C=O) groups is 2. The molecule has 2 N–H and O–H groups in total. The topological polar surface area (TPSA) is 161 Å². The highest BCUT2D eigenvalue weighted by Crippen LogP contribution is 2.64. The zero-order chi connectivity index (χ0) is 39.4. The first-order valence-corrected chi connectivity index (χ1v) is 19.8. The van der Waals surface area contributed by atoms with Crippen molar-refractivity contribution < 1.29 is 47.9 Å². The van der Waals surface area contributed by atoms with Crippen molar-refractivity contribution in [1.82, 2.24) is 15.1 Å². The fourth-order valence-corrected chi connectivity index (χ4v) is 12.0. The Morgan fingerprint density at radius 2 is 1.77 bits per heavy atom. The van der Waals surface area contributed by atoms with Crippen LogP contribution in [0.1, 0.15) is 68.8 Å². The van der Waals surface area contributed by atoms with Crippen LogP contribution in [0.25, 0.3) is 0 Å². The van der Waals surface area contributed by atoms with Crippen LogP contribution in [-0.2, 0) is 32.7 Å². The van der Waals surface area contributed by atoms with Crippen LogP contribution >= 0.6 is 11.8 Å². The normalized spacial score (nSPS) is 28.6. The predicted octanol–water partition coefficient (Wildman–Crippen LogP) is 4.29. The Balaban J connectivity index is 1.33. The van der Waals surface area contributed by atoms with E-state index in [1.54, 1.807) is 21.3 Å². The SMILES string of the molecule is COc1cc2c(cc1OC)[C@@]1(CS[C@@H]3c4c(OC(C)=O)c(C)c5c(c4[C@H](COC1=O)N1C3[C@H]3c4c(cc(C)c(OC)c4O)C[C@@H]([C@@H]1C#N)N3C)OCO5)NCC2. The van der Waals surface area contributed by atoms with Crippen LogP contribution in [0, 0.1) is 25.2 Å². The summed E-state index contributed by atoms with van der Waals surface area (Å²) in [5.41, 5.74) is 4.80. The average molecular weight is 785 g/mol. The van der Waals surface area contributed by atoms with Gasteiger partial charge in [0.2, 0.25) is 6.79 Å². The van der Waals surface area contributed by atoms with Gasteiger partial charge in [0.05, 0.1) is 44.7 Å². The van der Waals surface area contributed by atoms with Gasteiger partial charge in [0, 0.05) is 53.6 Å². The second kappa shape index (κ2) is 13.4. The van der Waals surface area contributed by atoms with Gasteiger partial charge in [0.25, 0.3) is 0 Å². The molecule has 3 aromatic rings. The maximum absolute atomic E-state index is 14.9. The highest BCUT2D eigenvalue weighted by atomic mass is 32.2. The van der Waals surface area contributed by atoms with Gasteiger partial charge in [-0.1, -0.05) is 6.07 Å². The Morgan fingerprint density at radius 1 is 1.02 bits per heavy atom. The fraction of sp³-hybridized carbons (Fsp3) is 0.488. The van der Waals surface area contributed by atoms with E-state index in [2.05, 4.69) is 27.3 Å². The van der Waals surface area contributed by atoms with Gasteiger partial charge in [-0.2, -0.15) is 5.26 Å². The standard InChI is InChI=1S/C41H44N4O10S/c1-18-10-22-11-24-25(14-42)45-26-15-52-40(48)41(23-13-28(50-6)27(49-5)12-21(23)8-9-43-41)16-56-39(33(45)32(44(24)4)29(22)34(47)35(18)51-7)31-30(26)38-37(53-17-54-38)19(2)36(31)55-20(3)46/h10,12-13,24-26,32-33,39,43,47H,8-9,11,15-17H2,1-7H3/t24-,25-,26-,32+,33?,39+,41+/m0/s1. The highest BCUT2D eigenvalue weighted by molar-refractivity contribution is 7.99. The van der Waals surface area contributed by atoms with Gasteiger partial charge in [-0.25, -0.2) is 4.79 Å². The summed E-state index contributed by atoms with van der Waals surface area (Å²) in [6.45, 7) is 5.41. The van der Waals surface area contributed by atoms with E-state index in [0.717, 1.165) is 27.8 Å². The molecule has 0 radical (unpaired) electrons. The molecule has 7 heterocycles. The maximum atomic E-state index is 14.9. The second-order valence-corrected chi connectivity index (χ2v) is 16.4. The molecular formula is C41H44N4O10S. The molecule has 10 rings (SSSR count). The number of esters is 2. The molecule has 2 fully saturated rings. The number of thioether (sulfide) groups is 1. The number of fused-ring (bicyclic) bond motifs is 9. The van der Waals surface area contributed by atoms with E-state index in [-0.39, 0.29) is 30.9 Å². The van der Waals surface area contributed by atoms with Crippen molar-refractivity contribution in [3.8, 4) is 46.3 Å². The number of nitriles is 1. The molecule has 0 aromatic heterocycles. The van der Waals surface area contributed by atoms with Crippen LogP contribution in [0.15, 0.2) is 18.2 Å². The molecule has 14 nitrogen and oxygen atoms in total. The van der Waals surface area contributed by atoms with Gasteiger partial charge in [0.15, 0.2) is 40.0 Å². The number of likely N-dealkylation sites (N-methyl/N-ethyl adjacent to an activating group) is 1. The molecule has 15 heteroatoms. The lowest BCUT2D eigenvalue weighted by Gasteiger charge is -2.62. The third-order valence-corrected chi connectivity index (χ3v) is 14.1. The monoisotopic (exact) mass is 784 g/mol. The van der Waals surface area contributed by atoms with E-state index in [1.807, 2.05) is 33.0 Å². The van der Waals surface area contributed by atoms with Crippen LogP contribution in [-0.4, -0.2) is 99.0 Å². The number of nitrogens with one attached hydrogen (secondary N) is 1. The number of hydrogen-bond donors (Lipinski definition) is 2. The van der Waals surface area contributed by atoms with E-state index in [9.17, 15) is 20.0 Å². The molecule has 3 aromatic carbocycles. The number of methoxy groups -OCH3 is 3. The molecule has 1 spiro atoms. The van der Waals surface area contributed by atoms with Crippen molar-refractivity contribution in [2.24, 2.45) is 0 Å². The van der Waals surface area contributed by atoms with Crippen LogP contribution in [0.4, 0.5) is 0 Å². The van der Waals surface area contributed by atoms with E-state index in [1.165, 1.54) is 18.7 Å². The first kappa shape index (κ1) is 36.7. The number of hydrogen-bond acceptors (Lipinski definition) is 15. The smallest absolute Gasteiger partial charge is 0.331 e. The van der Waals surface area contributed by atoms with Crippen molar-refractivity contribution in [1.29, 1.82) is 5.26 Å². The van der Waals surface area contributed by atoms with Crippen molar-refractivity contribution in [3.05, 3.63) is 62.7 Å². The first-order chi connectivity index (χ1) is 27.0. The summed E-state index contributed by atoms with van der Waals surface area (Å²) in [7, 11) is 6.70. The van der Waals surface area contributed by atoms with Crippen LogP contribution < -0.4 is 33.7 Å². The minimum Gasteiger partial charge on any atom is -0.504 e. The van der Waals surface area contributed by atoms with Gasteiger partial charge < -0.3 is 38.3 Å². The molecule has 0 aliphatic carbocycles. The molecule has 7 atom stereocenters. The third kappa shape index (κ3) is 4.98. The minimum atomic E-state index is -1.31. The molecule has 2 saturated heterocycles. The highest BCUT2D eigenvalue weighted by Gasteiger charge is 2.62. The zero-order valence-corrected chi connectivity index (χ0v) is 33.1. The van der Waals surface area contributed by atoms with Crippen molar-refractivity contribution in [2.75, 3.05) is 54.1 Å². The number of nitrogens with zero attached hydrogens (tertiary/aromatic N) is 3. The van der Waals surface area contributed by atoms with Crippen LogP contribution in [0.3, 0.4) is 0 Å². The Morgan fingerprint density at radius 3 is 2.48 bits per heavy atom. The maximum Gasteiger partial charge on any atom is 0.331 e. The van der Waals surface area contributed by atoms with Gasteiger partial charge in [-0.15, -0.1) is 11.8 Å². The Hall–Kier alpha value is -4.88. The molecule has 1 unspecified atom stereocenters. The summed E-state index contributed by atoms with van der Waals surface area (Å²) in [6, 6.07) is 5.82. The summed E-state index contributed by atoms with van der Waals surface area (Å²) >= 11 is 1.52. The zero-order valence-electron chi connectivity index (χ0n) is 32.3. The van der Waals surface area contributed by atoms with Gasteiger partial charge in [-0.05, 0) is 68.1 Å². The predicted molar refractivity (Wildman–Crippen MR) is 203 cm³/mol. The number of aryl methyl sites for hydroxylation is 1. The lowest BCUT2D eigenvalue weighted by molar-refractivity contribution is -0.157. The fourth-order valence-electron chi connectivity index (χ4n) is 10.3. The number of aromatic hydroxyl groups is 1. The average Bonchev–Trinajstić information content (AvgIpc) is 3.68. The number of ether oxygens (including phenoxy) is 7. The van der Waals surface area contributed by atoms with E-state index < -0.39 is 46.9 Å². The number of benzene rings is 3. The van der Waals surface area contributed by atoms with Gasteiger partial charge in [-0.3, -0.25) is 19.9 Å². The van der Waals surface area contributed by atoms with Crippen LogP contribution in [0.5, 0.6) is 40.2 Å². The molecule has 294 valence electrons. The second-order valence-electron chi connectivity index (χ2n) is 15.3. The Labute approximate surface area is 328 Å². The van der Waals surface area contributed by atoms with Crippen LogP contribution in [0.2, 0.25) is 0 Å². The third-order valence-electron chi connectivity index (χ3n) is 12.6. The lowest BCUT2D eigenvalue weighted by Crippen LogP contribution is -2.69. The van der Waals surface area contributed by atoms with Crippen molar-refractivity contribution in [2.45, 2.75) is 74.6 Å². The summed E-state index contributed by atoms with van der Waals surface area (Å²) in [5.74, 6) is 1.99. The summed E-state index contributed by atoms with van der Waals surface area (Å²) < 4.78 is 42.1. The summed E-state index contributed by atoms with van der Waals surface area (Å²) in [5, 5.41) is 26.3. The number of phenolic OH excluding ortho intramolecular Hbond substituents is 1. The van der Waals surface area contributed by atoms with E-state index >= 15 is 0 Å². The van der Waals surface area contributed by atoms with Crippen molar-refractivity contribution >= 4 is 23.7 Å². The molecule has 4 bridgehead atoms. The summed E-state index contributed by atoms with van der Waals surface area (Å²) in [4.78, 5) is 32.2. The lowest BCUT2D eigenvalue weighted by atomic mass is 9.71. The number of piperazine rings is 1. The first-order valence-electron chi connectivity index (χ1n) is 18.7. The summed E-state index contributed by atoms with van der Waals surface area (Å²) in [6.07, 6.45) is 1.15. The van der Waals surface area contributed by atoms with Crippen molar-refractivity contribution in [3.63, 3.8) is 0 Å². The molecule has 0 amide bonds. The quantitative estimate of drug-likeness (QED) is 0.285. The van der Waals surface area contributed by atoms with Gasteiger partial charge >= 0.3 is 11.9 Å². The molecular weight excluding hydrogens is 741 g/mol. The van der Waals surface area contributed by atoms with E-state index in [4.69, 9.17) is 33.2 Å².